The van der Waals surface area contributed by atoms with Crippen molar-refractivity contribution in [3.63, 3.8) is 0 Å². The highest BCUT2D eigenvalue weighted by molar-refractivity contribution is 5.76. The highest BCUT2D eigenvalue weighted by Gasteiger charge is 2.22. The van der Waals surface area contributed by atoms with Gasteiger partial charge in [-0.1, -0.05) is 51.1 Å². The highest BCUT2D eigenvalue weighted by atomic mass is 16.6. The third-order valence-corrected chi connectivity index (χ3v) is 3.60. The molecule has 0 heterocycles. The molecule has 0 aromatic heterocycles. The number of ether oxygens (including phenoxy) is 1. The first-order chi connectivity index (χ1) is 12.0. The Bertz CT molecular complexity index is 571. The molecule has 5 nitrogen and oxygen atoms in total. The van der Waals surface area contributed by atoms with Gasteiger partial charge in [-0.3, -0.25) is 4.79 Å². The summed E-state index contributed by atoms with van der Waals surface area (Å²) in [6.07, 6.45) is 1.34. The maximum Gasteiger partial charge on any atom is 0.407 e. The Morgan fingerprint density at radius 1 is 1.04 bits per heavy atom. The van der Waals surface area contributed by atoms with E-state index in [1.54, 1.807) is 0 Å². The van der Waals surface area contributed by atoms with Gasteiger partial charge < -0.3 is 15.4 Å². The van der Waals surface area contributed by atoms with Crippen LogP contribution >= 0.6 is 0 Å². The quantitative estimate of drug-likeness (QED) is 0.697. The van der Waals surface area contributed by atoms with Gasteiger partial charge in [0.05, 0.1) is 6.04 Å². The summed E-state index contributed by atoms with van der Waals surface area (Å²) in [4.78, 5) is 23.9. The molecule has 0 fully saturated rings. The van der Waals surface area contributed by atoms with E-state index in [0.29, 0.717) is 19.4 Å². The fraction of sp³-hybridized carbons (Fsp3) is 0.619. The molecular weight excluding hydrogens is 328 g/mol. The molecule has 0 saturated carbocycles. The van der Waals surface area contributed by atoms with Gasteiger partial charge in [0.25, 0.3) is 0 Å². The van der Waals surface area contributed by atoms with E-state index in [9.17, 15) is 9.59 Å². The van der Waals surface area contributed by atoms with Gasteiger partial charge in [-0.25, -0.2) is 4.79 Å². The number of nitrogens with one attached hydrogen (secondary N) is 2. The van der Waals surface area contributed by atoms with E-state index >= 15 is 0 Å². The average Bonchev–Trinajstić information content (AvgIpc) is 2.49. The summed E-state index contributed by atoms with van der Waals surface area (Å²) < 4.78 is 5.17. The molecule has 1 aromatic carbocycles. The Labute approximate surface area is 157 Å². The van der Waals surface area contributed by atoms with Gasteiger partial charge in [-0.2, -0.15) is 0 Å². The molecule has 146 valence electrons. The van der Waals surface area contributed by atoms with Crippen molar-refractivity contribution in [2.45, 2.75) is 72.4 Å². The molecule has 1 unspecified atom stereocenters. The minimum absolute atomic E-state index is 0.00547. The third-order valence-electron chi connectivity index (χ3n) is 3.60. The first kappa shape index (κ1) is 22.0. The van der Waals surface area contributed by atoms with Crippen molar-refractivity contribution in [1.29, 1.82) is 0 Å². The van der Waals surface area contributed by atoms with E-state index in [4.69, 9.17) is 4.74 Å². The van der Waals surface area contributed by atoms with Crippen LogP contribution in [0.4, 0.5) is 4.79 Å². The summed E-state index contributed by atoms with van der Waals surface area (Å²) in [7, 11) is 0. The van der Waals surface area contributed by atoms with E-state index in [1.165, 1.54) is 0 Å². The molecule has 1 rings (SSSR count). The van der Waals surface area contributed by atoms with E-state index in [1.807, 2.05) is 51.1 Å². The highest BCUT2D eigenvalue weighted by Crippen LogP contribution is 2.29. The van der Waals surface area contributed by atoms with Crippen LogP contribution in [0.3, 0.4) is 0 Å². The number of hydrogen-bond acceptors (Lipinski definition) is 3. The zero-order valence-electron chi connectivity index (χ0n) is 17.0. The first-order valence-electron chi connectivity index (χ1n) is 9.27. The molecule has 2 N–H and O–H groups in total. The second-order valence-electron chi connectivity index (χ2n) is 8.83. The van der Waals surface area contributed by atoms with Crippen molar-refractivity contribution >= 4 is 12.0 Å². The maximum atomic E-state index is 12.3. The van der Waals surface area contributed by atoms with Gasteiger partial charge in [0, 0.05) is 13.0 Å². The predicted octanol–water partition coefficient (Wildman–Crippen LogP) is 4.59. The number of rotatable bonds is 7. The van der Waals surface area contributed by atoms with Crippen LogP contribution in [0.25, 0.3) is 0 Å². The monoisotopic (exact) mass is 362 g/mol. The number of benzene rings is 1. The van der Waals surface area contributed by atoms with Crippen LogP contribution < -0.4 is 10.6 Å². The third kappa shape index (κ3) is 10.1. The molecule has 0 radical (unpaired) electrons. The largest absolute Gasteiger partial charge is 0.444 e. The van der Waals surface area contributed by atoms with Crippen LogP contribution in [0, 0.1) is 5.41 Å². The minimum atomic E-state index is -0.517. The molecule has 1 atom stereocenters. The molecule has 0 aliphatic rings. The van der Waals surface area contributed by atoms with Crippen LogP contribution in [0.2, 0.25) is 0 Å². The first-order valence-corrected chi connectivity index (χ1v) is 9.27. The van der Waals surface area contributed by atoms with Gasteiger partial charge in [-0.15, -0.1) is 0 Å². The normalized spacial score (nSPS) is 13.0. The van der Waals surface area contributed by atoms with Crippen LogP contribution in [0.1, 0.15) is 72.4 Å². The Balaban J connectivity index is 2.46. The summed E-state index contributed by atoms with van der Waals surface area (Å²) in [5, 5.41) is 5.81. The number of carbonyl (C=O) groups excluding carboxylic acids is 2. The standard InChI is InChI=1S/C21H34N2O3/c1-20(2,3)15-17(16-11-8-7-9-12-16)23-18(24)13-10-14-22-19(25)26-21(4,5)6/h7-9,11-12,17H,10,13-15H2,1-6H3,(H,22,25)(H,23,24). The Morgan fingerprint density at radius 3 is 2.19 bits per heavy atom. The summed E-state index contributed by atoms with van der Waals surface area (Å²) in [5.74, 6) is -0.00547. The van der Waals surface area contributed by atoms with Crippen LogP contribution in [-0.4, -0.2) is 24.1 Å². The zero-order chi connectivity index (χ0) is 19.8. The predicted molar refractivity (Wildman–Crippen MR) is 105 cm³/mol. The summed E-state index contributed by atoms with van der Waals surface area (Å²) in [6.45, 7) is 12.4. The smallest absolute Gasteiger partial charge is 0.407 e. The molecule has 0 aliphatic carbocycles. The fourth-order valence-corrected chi connectivity index (χ4v) is 2.57. The SMILES string of the molecule is CC(C)(C)CC(NC(=O)CCCNC(=O)OC(C)(C)C)c1ccccc1. The Hall–Kier alpha value is -2.04. The average molecular weight is 363 g/mol. The molecular formula is C21H34N2O3. The molecule has 26 heavy (non-hydrogen) atoms. The summed E-state index contributed by atoms with van der Waals surface area (Å²) >= 11 is 0. The van der Waals surface area contributed by atoms with Crippen molar-refractivity contribution in [2.75, 3.05) is 6.54 Å². The number of hydrogen-bond donors (Lipinski definition) is 2. The Kier molecular flexibility index (Phi) is 8.12. The lowest BCUT2D eigenvalue weighted by molar-refractivity contribution is -0.122. The van der Waals surface area contributed by atoms with Crippen molar-refractivity contribution in [3.05, 3.63) is 35.9 Å². The summed E-state index contributed by atoms with van der Waals surface area (Å²) in [5.41, 5.74) is 0.700. The van der Waals surface area contributed by atoms with Crippen molar-refractivity contribution in [1.82, 2.24) is 10.6 Å². The van der Waals surface area contributed by atoms with E-state index < -0.39 is 11.7 Å². The minimum Gasteiger partial charge on any atom is -0.444 e. The molecule has 5 heteroatoms. The number of carbonyl (C=O) groups is 2. The second kappa shape index (κ2) is 9.60. The lowest BCUT2D eigenvalue weighted by Gasteiger charge is -2.27. The molecule has 0 saturated heterocycles. The maximum absolute atomic E-state index is 12.3. The lowest BCUT2D eigenvalue weighted by Crippen LogP contribution is -2.34. The van der Waals surface area contributed by atoms with Gasteiger partial charge in [0.1, 0.15) is 5.60 Å². The van der Waals surface area contributed by atoms with Crippen LogP contribution in [0.5, 0.6) is 0 Å². The van der Waals surface area contributed by atoms with Crippen LogP contribution in [-0.2, 0) is 9.53 Å². The molecule has 0 spiro atoms. The van der Waals surface area contributed by atoms with Gasteiger partial charge in [0.15, 0.2) is 0 Å². The van der Waals surface area contributed by atoms with Crippen molar-refractivity contribution in [2.24, 2.45) is 5.41 Å². The molecule has 0 bridgehead atoms. The second-order valence-corrected chi connectivity index (χ2v) is 8.83. The fourth-order valence-electron chi connectivity index (χ4n) is 2.57. The van der Waals surface area contributed by atoms with E-state index in [-0.39, 0.29) is 17.4 Å². The lowest BCUT2D eigenvalue weighted by atomic mass is 9.85. The van der Waals surface area contributed by atoms with Gasteiger partial charge in [0.2, 0.25) is 5.91 Å². The van der Waals surface area contributed by atoms with Crippen LogP contribution in [0.15, 0.2) is 30.3 Å². The number of alkyl carbamates (subject to hydrolysis) is 1. The summed E-state index contributed by atoms with van der Waals surface area (Å²) in [6, 6.07) is 10.0. The zero-order valence-corrected chi connectivity index (χ0v) is 17.0. The molecule has 1 aromatic rings. The van der Waals surface area contributed by atoms with E-state index in [2.05, 4.69) is 31.4 Å². The molecule has 0 aliphatic heterocycles. The Morgan fingerprint density at radius 2 is 1.65 bits per heavy atom. The van der Waals surface area contributed by atoms with E-state index in [0.717, 1.165) is 12.0 Å². The molecule has 2 amide bonds. The number of amides is 2. The topological polar surface area (TPSA) is 67.4 Å². The van der Waals surface area contributed by atoms with Gasteiger partial charge in [-0.05, 0) is 44.6 Å². The van der Waals surface area contributed by atoms with Gasteiger partial charge >= 0.3 is 6.09 Å². The van der Waals surface area contributed by atoms with Crippen molar-refractivity contribution in [3.8, 4) is 0 Å². The van der Waals surface area contributed by atoms with Crippen molar-refractivity contribution < 1.29 is 14.3 Å².